The number of carbonyl (C=O) groups is 1. The molecular weight excluding hydrogens is 401 g/mol. The molecule has 8 heteroatoms. The van der Waals surface area contributed by atoms with Gasteiger partial charge in [-0.15, -0.1) is 0 Å². The number of carboxylic acids is 1. The molecule has 6 nitrogen and oxygen atoms in total. The minimum absolute atomic E-state index is 0.00338. The van der Waals surface area contributed by atoms with Gasteiger partial charge in [0, 0.05) is 26.9 Å². The Balaban J connectivity index is 2.11. The number of nitrogens with one attached hydrogen (secondary N) is 1. The number of nitriles is 1. The molecule has 0 aliphatic carbocycles. The fraction of sp³-hybridized carbons (Fsp3) is 0.0500. The van der Waals surface area contributed by atoms with Gasteiger partial charge in [-0.25, -0.2) is 4.79 Å². The van der Waals surface area contributed by atoms with Crippen LogP contribution in [0.5, 0.6) is 0 Å². The summed E-state index contributed by atoms with van der Waals surface area (Å²) in [4.78, 5) is 26.9. The number of aromatic carboxylic acids is 1. The zero-order valence-electron chi connectivity index (χ0n) is 14.2. The number of halogens is 2. The highest BCUT2D eigenvalue weighted by atomic mass is 35.5. The Morgan fingerprint density at radius 2 is 1.89 bits per heavy atom. The number of fused-ring (bicyclic) bond motifs is 3. The van der Waals surface area contributed by atoms with Crippen molar-refractivity contribution in [3.63, 3.8) is 0 Å². The summed E-state index contributed by atoms with van der Waals surface area (Å²) in [5.41, 5.74) is 1.66. The molecule has 0 unspecified atom stereocenters. The molecule has 2 heterocycles. The summed E-state index contributed by atoms with van der Waals surface area (Å²) in [6.45, 7) is 0.00338. The van der Waals surface area contributed by atoms with Crippen molar-refractivity contribution >= 4 is 51.1 Å². The fourth-order valence-electron chi connectivity index (χ4n) is 3.32. The van der Waals surface area contributed by atoms with Gasteiger partial charge in [0.15, 0.2) is 0 Å². The summed E-state index contributed by atoms with van der Waals surface area (Å²) in [6.07, 6.45) is 0. The van der Waals surface area contributed by atoms with E-state index in [0.29, 0.717) is 43.1 Å². The lowest BCUT2D eigenvalue weighted by Gasteiger charge is -2.06. The van der Waals surface area contributed by atoms with Gasteiger partial charge in [0.05, 0.1) is 22.2 Å². The number of carboxylic acid groups (broad SMARTS) is 1. The van der Waals surface area contributed by atoms with Crippen LogP contribution in [0.25, 0.3) is 33.1 Å². The van der Waals surface area contributed by atoms with Crippen LogP contribution in [0.4, 0.5) is 0 Å². The molecule has 138 valence electrons. The molecule has 0 saturated heterocycles. The van der Waals surface area contributed by atoms with Gasteiger partial charge in [-0.1, -0.05) is 29.3 Å². The third kappa shape index (κ3) is 2.82. The summed E-state index contributed by atoms with van der Waals surface area (Å²) in [5, 5.41) is 20.5. The van der Waals surface area contributed by atoms with E-state index in [2.05, 4.69) is 11.1 Å². The Hall–Kier alpha value is -3.27. The SMILES string of the molecule is N#CCn1c2ccc(C(=O)O)cc2c2cc(-c3ccc(Cl)cc3Cl)c(=O)[nH]c21. The lowest BCUT2D eigenvalue weighted by Crippen LogP contribution is -2.10. The van der Waals surface area contributed by atoms with E-state index in [1.54, 1.807) is 34.9 Å². The molecule has 4 rings (SSSR count). The molecular formula is C20H11Cl2N3O3. The van der Waals surface area contributed by atoms with E-state index in [0.717, 1.165) is 0 Å². The minimum atomic E-state index is -1.06. The standard InChI is InChI=1S/C20H11Cl2N3O3/c21-11-2-3-12(16(22)8-11)15-9-14-13-7-10(20(27)28)1-4-17(13)25(6-5-23)18(14)24-19(15)26/h1-4,7-9H,6H2,(H,24,26)(H,27,28). The molecule has 0 aliphatic heterocycles. The Morgan fingerprint density at radius 3 is 2.57 bits per heavy atom. The van der Waals surface area contributed by atoms with E-state index in [4.69, 9.17) is 23.2 Å². The first-order valence-electron chi connectivity index (χ1n) is 8.15. The monoisotopic (exact) mass is 411 g/mol. The van der Waals surface area contributed by atoms with Crippen molar-refractivity contribution in [3.05, 3.63) is 68.4 Å². The van der Waals surface area contributed by atoms with Gasteiger partial charge < -0.3 is 14.7 Å². The van der Waals surface area contributed by atoms with E-state index < -0.39 is 5.97 Å². The van der Waals surface area contributed by atoms with Crippen LogP contribution in [-0.4, -0.2) is 20.6 Å². The predicted octanol–water partition coefficient (Wildman–Crippen LogP) is 4.68. The van der Waals surface area contributed by atoms with Gasteiger partial charge >= 0.3 is 5.97 Å². The van der Waals surface area contributed by atoms with Gasteiger partial charge in [0.2, 0.25) is 0 Å². The second-order valence-corrected chi connectivity index (χ2v) is 7.02. The van der Waals surface area contributed by atoms with Crippen LogP contribution in [-0.2, 0) is 6.54 Å². The van der Waals surface area contributed by atoms with Gasteiger partial charge in [-0.3, -0.25) is 4.79 Å². The first-order valence-corrected chi connectivity index (χ1v) is 8.91. The van der Waals surface area contributed by atoms with E-state index in [1.807, 2.05) is 0 Å². The maximum Gasteiger partial charge on any atom is 0.335 e. The van der Waals surface area contributed by atoms with Crippen LogP contribution in [0, 0.1) is 11.3 Å². The smallest absolute Gasteiger partial charge is 0.335 e. The Kier molecular flexibility index (Phi) is 4.34. The van der Waals surface area contributed by atoms with Gasteiger partial charge in [0.25, 0.3) is 5.56 Å². The van der Waals surface area contributed by atoms with Crippen molar-refractivity contribution in [3.8, 4) is 17.2 Å². The van der Waals surface area contributed by atoms with Crippen molar-refractivity contribution in [2.75, 3.05) is 0 Å². The topological polar surface area (TPSA) is 98.9 Å². The third-order valence-corrected chi connectivity index (χ3v) is 5.11. The van der Waals surface area contributed by atoms with Gasteiger partial charge in [0.1, 0.15) is 12.2 Å². The van der Waals surface area contributed by atoms with E-state index in [1.165, 1.54) is 12.1 Å². The van der Waals surface area contributed by atoms with E-state index in [9.17, 15) is 20.0 Å². The molecule has 0 saturated carbocycles. The first kappa shape index (κ1) is 18.1. The molecule has 2 aromatic carbocycles. The normalized spacial score (nSPS) is 11.0. The molecule has 0 radical (unpaired) electrons. The van der Waals surface area contributed by atoms with Crippen LogP contribution in [0.2, 0.25) is 10.0 Å². The fourth-order valence-corrected chi connectivity index (χ4v) is 3.83. The number of hydrogen-bond acceptors (Lipinski definition) is 3. The molecule has 28 heavy (non-hydrogen) atoms. The van der Waals surface area contributed by atoms with Crippen molar-refractivity contribution in [1.82, 2.24) is 9.55 Å². The Morgan fingerprint density at radius 1 is 1.11 bits per heavy atom. The molecule has 4 aromatic rings. The molecule has 2 N–H and O–H groups in total. The number of hydrogen-bond donors (Lipinski definition) is 2. The Labute approximate surface area is 168 Å². The number of pyridine rings is 1. The highest BCUT2D eigenvalue weighted by Crippen LogP contribution is 2.33. The lowest BCUT2D eigenvalue weighted by molar-refractivity contribution is 0.0697. The average molecular weight is 412 g/mol. The molecule has 0 bridgehead atoms. The lowest BCUT2D eigenvalue weighted by atomic mass is 10.0. The number of benzene rings is 2. The predicted molar refractivity (Wildman–Crippen MR) is 108 cm³/mol. The van der Waals surface area contributed by atoms with Crippen molar-refractivity contribution in [1.29, 1.82) is 5.26 Å². The largest absolute Gasteiger partial charge is 0.478 e. The van der Waals surface area contributed by atoms with Gasteiger partial charge in [-0.05, 0) is 36.4 Å². The molecule has 0 fully saturated rings. The summed E-state index contributed by atoms with van der Waals surface area (Å²) in [6, 6.07) is 13.2. The van der Waals surface area contributed by atoms with Crippen molar-refractivity contribution in [2.45, 2.75) is 6.54 Å². The highest BCUT2D eigenvalue weighted by molar-refractivity contribution is 6.36. The number of H-pyrrole nitrogens is 1. The summed E-state index contributed by atoms with van der Waals surface area (Å²) < 4.78 is 1.64. The van der Waals surface area contributed by atoms with Crippen LogP contribution in [0.1, 0.15) is 10.4 Å². The van der Waals surface area contributed by atoms with Crippen molar-refractivity contribution < 1.29 is 9.90 Å². The molecule has 0 aliphatic rings. The zero-order chi connectivity index (χ0) is 20.0. The quantitative estimate of drug-likeness (QED) is 0.511. The number of aromatic nitrogens is 2. The zero-order valence-corrected chi connectivity index (χ0v) is 15.7. The number of rotatable bonds is 3. The number of nitrogens with zero attached hydrogens (tertiary/aromatic N) is 2. The summed E-state index contributed by atoms with van der Waals surface area (Å²) >= 11 is 12.2. The maximum atomic E-state index is 12.7. The van der Waals surface area contributed by atoms with E-state index in [-0.39, 0.29) is 17.7 Å². The minimum Gasteiger partial charge on any atom is -0.478 e. The van der Waals surface area contributed by atoms with Crippen LogP contribution >= 0.6 is 23.2 Å². The molecule has 2 aromatic heterocycles. The van der Waals surface area contributed by atoms with Crippen LogP contribution < -0.4 is 5.56 Å². The molecule has 0 atom stereocenters. The second-order valence-electron chi connectivity index (χ2n) is 6.18. The average Bonchev–Trinajstić information content (AvgIpc) is 2.94. The van der Waals surface area contributed by atoms with Gasteiger partial charge in [-0.2, -0.15) is 5.26 Å². The summed E-state index contributed by atoms with van der Waals surface area (Å²) in [7, 11) is 0. The Bertz CT molecular complexity index is 1380. The third-order valence-electron chi connectivity index (χ3n) is 4.56. The summed E-state index contributed by atoms with van der Waals surface area (Å²) in [5.74, 6) is -1.06. The maximum absolute atomic E-state index is 12.7. The molecule has 0 spiro atoms. The van der Waals surface area contributed by atoms with Crippen LogP contribution in [0.3, 0.4) is 0 Å². The number of aromatic amines is 1. The molecule has 0 amide bonds. The van der Waals surface area contributed by atoms with E-state index >= 15 is 0 Å². The first-order chi connectivity index (χ1) is 13.4. The van der Waals surface area contributed by atoms with Crippen molar-refractivity contribution in [2.24, 2.45) is 0 Å². The second kappa shape index (κ2) is 6.71. The highest BCUT2D eigenvalue weighted by Gasteiger charge is 2.17. The van der Waals surface area contributed by atoms with Crippen LogP contribution in [0.15, 0.2) is 47.3 Å².